The summed E-state index contributed by atoms with van der Waals surface area (Å²) in [5.74, 6) is -0.940. The van der Waals surface area contributed by atoms with Crippen LogP contribution in [0.2, 0.25) is 0 Å². The fraction of sp³-hybridized carbons (Fsp3) is 0.375. The van der Waals surface area contributed by atoms with Crippen molar-refractivity contribution in [3.8, 4) is 0 Å². The van der Waals surface area contributed by atoms with Crippen molar-refractivity contribution in [3.63, 3.8) is 0 Å². The predicted octanol–water partition coefficient (Wildman–Crippen LogP) is 5.31. The summed E-state index contributed by atoms with van der Waals surface area (Å²) in [6, 6.07) is 25.7. The molecule has 40 heavy (non-hydrogen) atoms. The molecule has 212 valence electrons. The fourth-order valence-electron chi connectivity index (χ4n) is 4.81. The molecular weight excluding hydrogens is 508 g/mol. The van der Waals surface area contributed by atoms with Gasteiger partial charge in [-0.15, -0.1) is 0 Å². The van der Waals surface area contributed by atoms with E-state index in [0.29, 0.717) is 18.7 Å². The van der Waals surface area contributed by atoms with Gasteiger partial charge in [0.1, 0.15) is 0 Å². The summed E-state index contributed by atoms with van der Waals surface area (Å²) in [6.45, 7) is 5.65. The molecule has 0 aliphatic carbocycles. The Kier molecular flexibility index (Phi) is 10.1. The van der Waals surface area contributed by atoms with Gasteiger partial charge in [-0.3, -0.25) is 14.5 Å². The number of carbonyl (C=O) groups excluding carboxylic acids is 2. The van der Waals surface area contributed by atoms with E-state index in [1.54, 1.807) is 6.07 Å². The number of aliphatic hydroxyl groups excluding tert-OH is 1. The first kappa shape index (κ1) is 29.4. The van der Waals surface area contributed by atoms with Crippen molar-refractivity contribution in [1.29, 1.82) is 0 Å². The number of rotatable bonds is 10. The Morgan fingerprint density at radius 3 is 2.40 bits per heavy atom. The van der Waals surface area contributed by atoms with Crippen molar-refractivity contribution in [2.45, 2.75) is 64.4 Å². The number of carbonyl (C=O) groups is 2. The van der Waals surface area contributed by atoms with Crippen LogP contribution in [0, 0.1) is 0 Å². The fourth-order valence-corrected chi connectivity index (χ4v) is 4.81. The monoisotopic (exact) mass is 546 g/mol. The van der Waals surface area contributed by atoms with E-state index in [-0.39, 0.29) is 24.9 Å². The molecule has 1 amide bonds. The molecule has 0 aromatic heterocycles. The summed E-state index contributed by atoms with van der Waals surface area (Å²) >= 11 is 0. The molecule has 0 saturated carbocycles. The maximum absolute atomic E-state index is 12.5. The van der Waals surface area contributed by atoms with E-state index in [1.165, 1.54) is 19.4 Å². The Hall–Kier alpha value is -3.56. The zero-order valence-electron chi connectivity index (χ0n) is 23.4. The van der Waals surface area contributed by atoms with Gasteiger partial charge in [-0.1, -0.05) is 66.7 Å². The van der Waals surface area contributed by atoms with Crippen LogP contribution in [-0.4, -0.2) is 47.7 Å². The zero-order valence-corrected chi connectivity index (χ0v) is 23.4. The van der Waals surface area contributed by atoms with Crippen molar-refractivity contribution in [2.75, 3.05) is 18.9 Å². The molecule has 8 nitrogen and oxygen atoms in total. The van der Waals surface area contributed by atoms with Gasteiger partial charge < -0.3 is 24.6 Å². The minimum atomic E-state index is -0.916. The molecule has 0 bridgehead atoms. The van der Waals surface area contributed by atoms with Crippen LogP contribution in [-0.2, 0) is 30.4 Å². The van der Waals surface area contributed by atoms with Crippen molar-refractivity contribution in [2.24, 2.45) is 0 Å². The lowest BCUT2D eigenvalue weighted by Crippen LogP contribution is -2.38. The lowest BCUT2D eigenvalue weighted by atomic mass is 9.99. The smallest absolute Gasteiger partial charge is 0.303 e. The van der Waals surface area contributed by atoms with Gasteiger partial charge in [0.05, 0.1) is 18.8 Å². The van der Waals surface area contributed by atoms with Gasteiger partial charge in [-0.25, -0.2) is 0 Å². The molecule has 5 atom stereocenters. The van der Waals surface area contributed by atoms with E-state index < -0.39 is 24.3 Å². The van der Waals surface area contributed by atoms with Crippen LogP contribution in [0.3, 0.4) is 0 Å². The Bertz CT molecular complexity index is 1270. The topological polar surface area (TPSA) is 97.3 Å². The maximum Gasteiger partial charge on any atom is 0.303 e. The van der Waals surface area contributed by atoms with Crippen LogP contribution < -0.4 is 5.32 Å². The van der Waals surface area contributed by atoms with Crippen LogP contribution in [0.15, 0.2) is 78.9 Å². The second-order valence-electron chi connectivity index (χ2n) is 10.2. The highest BCUT2D eigenvalue weighted by Crippen LogP contribution is 2.39. The molecule has 0 radical (unpaired) electrons. The number of benzene rings is 3. The summed E-state index contributed by atoms with van der Waals surface area (Å²) in [4.78, 5) is 26.0. The third-order valence-electron chi connectivity index (χ3n) is 7.19. The molecule has 3 aromatic rings. The third kappa shape index (κ3) is 7.76. The summed E-state index contributed by atoms with van der Waals surface area (Å²) in [7, 11) is 2.09. The molecule has 2 N–H and O–H groups in total. The molecule has 1 aliphatic heterocycles. The summed E-state index contributed by atoms with van der Waals surface area (Å²) in [6.07, 6.45) is -1.26. The van der Waals surface area contributed by atoms with Gasteiger partial charge in [0.15, 0.2) is 12.4 Å². The zero-order chi connectivity index (χ0) is 28.6. The molecular formula is C32H38N2O6. The van der Waals surface area contributed by atoms with Gasteiger partial charge in [0, 0.05) is 37.2 Å². The second-order valence-corrected chi connectivity index (χ2v) is 10.2. The molecule has 8 heteroatoms. The first-order valence-corrected chi connectivity index (χ1v) is 13.6. The lowest BCUT2D eigenvalue weighted by molar-refractivity contribution is -0.253. The Morgan fingerprint density at radius 1 is 1.00 bits per heavy atom. The molecule has 0 unspecified atom stereocenters. The number of nitrogens with zero attached hydrogens (tertiary/aromatic N) is 1. The summed E-state index contributed by atoms with van der Waals surface area (Å²) in [5.41, 5.74) is 4.39. The number of aliphatic hydroxyl groups is 1. The highest BCUT2D eigenvalue weighted by Gasteiger charge is 2.33. The normalized spacial score (nSPS) is 20.5. The van der Waals surface area contributed by atoms with E-state index in [0.717, 1.165) is 16.7 Å². The average molecular weight is 547 g/mol. The Labute approximate surface area is 235 Å². The van der Waals surface area contributed by atoms with Gasteiger partial charge >= 0.3 is 5.97 Å². The van der Waals surface area contributed by atoms with Crippen molar-refractivity contribution >= 4 is 17.6 Å². The lowest BCUT2D eigenvalue weighted by Gasteiger charge is -2.39. The minimum Gasteiger partial charge on any atom is -0.453 e. The quantitative estimate of drug-likeness (QED) is 0.333. The van der Waals surface area contributed by atoms with Crippen LogP contribution in [0.1, 0.15) is 67.9 Å². The van der Waals surface area contributed by atoms with Gasteiger partial charge in [0.2, 0.25) is 0 Å². The highest BCUT2D eigenvalue weighted by atomic mass is 16.7. The van der Waals surface area contributed by atoms with Gasteiger partial charge in [-0.2, -0.15) is 0 Å². The highest BCUT2D eigenvalue weighted by molar-refractivity contribution is 5.95. The SMILES string of the molecule is CC(=O)O[C@@H](C)C(=O)Nc1cccc([C@@H]2O[C@H](CN(C)[C@@H](C)c3ccccc3)C[C@H](c3ccc(CO)cc3)O2)c1. The maximum atomic E-state index is 12.5. The van der Waals surface area contributed by atoms with Gasteiger partial charge in [-0.05, 0) is 49.7 Å². The standard InChI is InChI=1S/C32H38N2O6/c1-21(25-9-6-5-7-10-25)34(4)19-29-18-30(26-15-13-24(20-35)14-16-26)40-32(39-29)27-11-8-12-28(17-27)33-31(37)22(2)38-23(3)36/h5-17,21-22,29-30,32,35H,18-20H2,1-4H3,(H,33,37)/t21-,22-,29-,30+,32+/m0/s1. The molecule has 4 rings (SSSR count). The first-order valence-electron chi connectivity index (χ1n) is 13.6. The number of esters is 1. The van der Waals surface area contributed by atoms with Crippen LogP contribution >= 0.6 is 0 Å². The minimum absolute atomic E-state index is 0.0169. The van der Waals surface area contributed by atoms with Gasteiger partial charge in [0.25, 0.3) is 5.91 Å². The average Bonchev–Trinajstić information content (AvgIpc) is 2.96. The molecule has 1 saturated heterocycles. The summed E-state index contributed by atoms with van der Waals surface area (Å²) in [5, 5.41) is 12.3. The molecule has 1 heterocycles. The van der Waals surface area contributed by atoms with Crippen molar-refractivity contribution in [3.05, 3.63) is 101 Å². The van der Waals surface area contributed by atoms with Crippen LogP contribution in [0.25, 0.3) is 0 Å². The van der Waals surface area contributed by atoms with E-state index >= 15 is 0 Å². The third-order valence-corrected chi connectivity index (χ3v) is 7.19. The Morgan fingerprint density at radius 2 is 1.73 bits per heavy atom. The number of hydrogen-bond donors (Lipinski definition) is 2. The number of likely N-dealkylation sites (N-methyl/N-ethyl adjacent to an activating group) is 1. The van der Waals surface area contributed by atoms with Crippen molar-refractivity contribution in [1.82, 2.24) is 4.90 Å². The number of nitrogens with one attached hydrogen (secondary N) is 1. The number of anilines is 1. The summed E-state index contributed by atoms with van der Waals surface area (Å²) < 4.78 is 18.0. The molecule has 0 spiro atoms. The second kappa shape index (κ2) is 13.7. The van der Waals surface area contributed by atoms with E-state index in [4.69, 9.17) is 14.2 Å². The van der Waals surface area contributed by atoms with Crippen molar-refractivity contribution < 1.29 is 28.9 Å². The number of hydrogen-bond acceptors (Lipinski definition) is 7. The number of amides is 1. The number of ether oxygens (including phenoxy) is 3. The van der Waals surface area contributed by atoms with E-state index in [9.17, 15) is 14.7 Å². The van der Waals surface area contributed by atoms with Crippen LogP contribution in [0.5, 0.6) is 0 Å². The predicted molar refractivity (Wildman–Crippen MR) is 152 cm³/mol. The van der Waals surface area contributed by atoms with E-state index in [1.807, 2.05) is 60.7 Å². The molecule has 3 aromatic carbocycles. The molecule has 1 aliphatic rings. The Balaban J connectivity index is 1.54. The first-order chi connectivity index (χ1) is 19.2. The molecule has 1 fully saturated rings. The van der Waals surface area contributed by atoms with E-state index in [2.05, 4.69) is 36.3 Å². The van der Waals surface area contributed by atoms with Crippen LogP contribution in [0.4, 0.5) is 5.69 Å². The largest absolute Gasteiger partial charge is 0.453 e.